The van der Waals surface area contributed by atoms with Crippen LogP contribution in [0.15, 0.2) is 42.5 Å². The number of anilines is 2. The lowest BCUT2D eigenvalue weighted by molar-refractivity contribution is 0.0993. The zero-order valence-corrected chi connectivity index (χ0v) is 16.4. The van der Waals surface area contributed by atoms with E-state index in [0.717, 1.165) is 37.8 Å². The predicted octanol–water partition coefficient (Wildman–Crippen LogP) is 2.25. The van der Waals surface area contributed by atoms with E-state index >= 15 is 0 Å². The smallest absolute Gasteiger partial charge is 0.269 e. The third-order valence-corrected chi connectivity index (χ3v) is 5.43. The molecule has 0 aliphatic carbocycles. The van der Waals surface area contributed by atoms with Gasteiger partial charge in [-0.3, -0.25) is 4.79 Å². The lowest BCUT2D eigenvalue weighted by Crippen LogP contribution is -2.59. The van der Waals surface area contributed by atoms with Crippen molar-refractivity contribution in [2.75, 3.05) is 36.4 Å². The number of hydrogen-bond donors (Lipinski definition) is 3. The first-order valence-electron chi connectivity index (χ1n) is 9.88. The quantitative estimate of drug-likeness (QED) is 0.579. The number of hydrogen-bond acceptors (Lipinski definition) is 6. The van der Waals surface area contributed by atoms with Gasteiger partial charge in [-0.25, -0.2) is 13.5 Å². The fourth-order valence-corrected chi connectivity index (χ4v) is 3.78. The van der Waals surface area contributed by atoms with Crippen LogP contribution in [0.3, 0.4) is 0 Å². The zero-order valence-electron chi connectivity index (χ0n) is 16.4. The summed E-state index contributed by atoms with van der Waals surface area (Å²) >= 11 is 0. The van der Waals surface area contributed by atoms with Crippen LogP contribution in [0.5, 0.6) is 11.5 Å². The first-order valence-corrected chi connectivity index (χ1v) is 9.88. The van der Waals surface area contributed by atoms with Crippen molar-refractivity contribution >= 4 is 17.4 Å². The van der Waals surface area contributed by atoms with Gasteiger partial charge in [0, 0.05) is 32.2 Å². The summed E-state index contributed by atoms with van der Waals surface area (Å²) in [6.07, 6.45) is 0. The van der Waals surface area contributed by atoms with Crippen LogP contribution < -0.4 is 26.0 Å². The van der Waals surface area contributed by atoms with Gasteiger partial charge < -0.3 is 26.0 Å². The number of nitrogens with two attached hydrogens (primary N) is 1. The molecule has 8 nitrogen and oxygen atoms in total. The number of primary amides is 1. The Hall–Kier alpha value is -3.66. The van der Waals surface area contributed by atoms with Gasteiger partial charge in [0.1, 0.15) is 17.3 Å². The summed E-state index contributed by atoms with van der Waals surface area (Å²) in [6.45, 7) is 3.18. The van der Waals surface area contributed by atoms with Crippen molar-refractivity contribution in [3.8, 4) is 17.2 Å². The van der Waals surface area contributed by atoms with E-state index in [1.807, 2.05) is 0 Å². The molecule has 31 heavy (non-hydrogen) atoms. The molecule has 5 rings (SSSR count). The highest BCUT2D eigenvalue weighted by molar-refractivity contribution is 6.00. The molecule has 2 aliphatic heterocycles. The number of aromatic nitrogens is 2. The van der Waals surface area contributed by atoms with Crippen LogP contribution in [-0.2, 0) is 0 Å². The number of halogens is 2. The number of fused-ring (bicyclic) bond motifs is 1. The van der Waals surface area contributed by atoms with Crippen molar-refractivity contribution < 1.29 is 18.3 Å². The average molecular weight is 426 g/mol. The van der Waals surface area contributed by atoms with E-state index in [1.54, 1.807) is 24.3 Å². The summed E-state index contributed by atoms with van der Waals surface area (Å²) in [5, 5.41) is 11.2. The van der Waals surface area contributed by atoms with Crippen molar-refractivity contribution in [3.63, 3.8) is 0 Å². The van der Waals surface area contributed by atoms with E-state index in [4.69, 9.17) is 10.5 Å². The van der Waals surface area contributed by atoms with Crippen LogP contribution in [0.1, 0.15) is 10.5 Å². The second-order valence-electron chi connectivity index (χ2n) is 7.43. The normalized spacial score (nSPS) is 15.7. The van der Waals surface area contributed by atoms with E-state index in [1.165, 1.54) is 4.68 Å². The number of benzene rings is 2. The van der Waals surface area contributed by atoms with Crippen molar-refractivity contribution in [2.45, 2.75) is 6.04 Å². The van der Waals surface area contributed by atoms with Gasteiger partial charge in [-0.05, 0) is 36.4 Å². The summed E-state index contributed by atoms with van der Waals surface area (Å²) in [7, 11) is 0. The zero-order chi connectivity index (χ0) is 21.5. The molecule has 0 spiro atoms. The molecule has 3 aromatic rings. The Morgan fingerprint density at radius 1 is 1.16 bits per heavy atom. The molecular weight excluding hydrogens is 406 g/mol. The maximum absolute atomic E-state index is 13.8. The number of ether oxygens (including phenoxy) is 1. The van der Waals surface area contributed by atoms with Gasteiger partial charge in [0.05, 0.1) is 11.7 Å². The van der Waals surface area contributed by atoms with Crippen LogP contribution in [-0.4, -0.2) is 47.9 Å². The highest BCUT2D eigenvalue weighted by Crippen LogP contribution is 2.35. The van der Waals surface area contributed by atoms with Gasteiger partial charge in [-0.15, -0.1) is 5.10 Å². The maximum atomic E-state index is 13.8. The van der Waals surface area contributed by atoms with Gasteiger partial charge in [-0.1, -0.05) is 0 Å². The van der Waals surface area contributed by atoms with Gasteiger partial charge in [-0.2, -0.15) is 0 Å². The van der Waals surface area contributed by atoms with E-state index in [9.17, 15) is 13.6 Å². The highest BCUT2D eigenvalue weighted by atomic mass is 19.1. The molecule has 1 fully saturated rings. The molecule has 10 heteroatoms. The van der Waals surface area contributed by atoms with Crippen molar-refractivity contribution in [1.29, 1.82) is 0 Å². The monoisotopic (exact) mass is 426 g/mol. The Kier molecular flexibility index (Phi) is 4.70. The van der Waals surface area contributed by atoms with Crippen molar-refractivity contribution in [3.05, 3.63) is 59.8 Å². The number of rotatable bonds is 5. The number of carbonyl (C=O) groups is 1. The molecule has 0 atom stereocenters. The Labute approximate surface area is 176 Å². The molecule has 1 amide bonds. The Bertz CT molecular complexity index is 1140. The summed E-state index contributed by atoms with van der Waals surface area (Å²) in [5.41, 5.74) is 7.14. The minimum Gasteiger partial charge on any atom is -0.454 e. The Balaban J connectivity index is 1.48. The highest BCUT2D eigenvalue weighted by Gasteiger charge is 2.34. The van der Waals surface area contributed by atoms with E-state index in [0.29, 0.717) is 35.5 Å². The molecule has 3 heterocycles. The number of carbonyl (C=O) groups excluding carboxylic acids is 1. The minimum absolute atomic E-state index is 0.214. The van der Waals surface area contributed by atoms with Gasteiger partial charge in [0.2, 0.25) is 0 Å². The summed E-state index contributed by atoms with van der Waals surface area (Å²) in [6, 6.07) is 9.85. The second-order valence-corrected chi connectivity index (χ2v) is 7.43. The first-order chi connectivity index (χ1) is 15.0. The topological polar surface area (TPSA) is 97.4 Å². The summed E-state index contributed by atoms with van der Waals surface area (Å²) < 4.78 is 34.1. The fourth-order valence-electron chi connectivity index (χ4n) is 3.78. The van der Waals surface area contributed by atoms with E-state index in [-0.39, 0.29) is 11.4 Å². The third kappa shape index (κ3) is 3.44. The fraction of sp³-hybridized carbons (Fsp3) is 0.238. The molecule has 0 saturated carbocycles. The molecule has 0 bridgehead atoms. The van der Waals surface area contributed by atoms with Crippen LogP contribution in [0.25, 0.3) is 5.69 Å². The first kappa shape index (κ1) is 19.3. The lowest BCUT2D eigenvalue weighted by Gasteiger charge is -2.40. The van der Waals surface area contributed by atoms with Crippen molar-refractivity contribution in [2.24, 2.45) is 5.73 Å². The van der Waals surface area contributed by atoms with E-state index in [2.05, 4.69) is 20.6 Å². The standard InChI is InChI=1S/C21H20F2N6O2/c22-12-1-6-16(23)17(9-12)31-15-4-2-13(3-5-15)29-19(20(24)30)18-21(27-29)28(8-7-26-18)14-10-25-11-14/h1-6,9,14,25-26H,7-8,10-11H2,(H2,24,30). The van der Waals surface area contributed by atoms with Gasteiger partial charge in [0.15, 0.2) is 23.1 Å². The molecule has 1 aromatic heterocycles. The Morgan fingerprint density at radius 2 is 1.94 bits per heavy atom. The Morgan fingerprint density at radius 3 is 2.61 bits per heavy atom. The molecular formula is C21H20F2N6O2. The minimum atomic E-state index is -0.669. The molecule has 2 aliphatic rings. The average Bonchev–Trinajstić information content (AvgIpc) is 3.11. The molecule has 0 radical (unpaired) electrons. The van der Waals surface area contributed by atoms with Crippen LogP contribution in [0.4, 0.5) is 20.3 Å². The third-order valence-electron chi connectivity index (χ3n) is 5.43. The van der Waals surface area contributed by atoms with Crippen LogP contribution >= 0.6 is 0 Å². The second kappa shape index (κ2) is 7.55. The number of amides is 1. The van der Waals surface area contributed by atoms with Crippen LogP contribution in [0.2, 0.25) is 0 Å². The molecule has 1 saturated heterocycles. The van der Waals surface area contributed by atoms with Gasteiger partial charge in [0.25, 0.3) is 5.91 Å². The largest absolute Gasteiger partial charge is 0.454 e. The maximum Gasteiger partial charge on any atom is 0.269 e. The van der Waals surface area contributed by atoms with Crippen molar-refractivity contribution in [1.82, 2.24) is 15.1 Å². The number of nitrogens with zero attached hydrogens (tertiary/aromatic N) is 3. The summed E-state index contributed by atoms with van der Waals surface area (Å²) in [4.78, 5) is 14.4. The van der Waals surface area contributed by atoms with Gasteiger partial charge >= 0.3 is 0 Å². The SMILES string of the molecule is NC(=O)c1c2c(nn1-c1ccc(Oc3cc(F)ccc3F)cc1)N(C1CNC1)CCN2. The molecule has 0 unspecified atom stereocenters. The molecule has 4 N–H and O–H groups in total. The predicted molar refractivity (Wildman–Crippen MR) is 111 cm³/mol. The molecule has 160 valence electrons. The van der Waals surface area contributed by atoms with Crippen LogP contribution in [0, 0.1) is 11.6 Å². The summed E-state index contributed by atoms with van der Waals surface area (Å²) in [5.74, 6) is -1.08. The molecule has 2 aromatic carbocycles. The number of nitrogens with one attached hydrogen (secondary N) is 2. The van der Waals surface area contributed by atoms with E-state index < -0.39 is 17.5 Å². The lowest BCUT2D eigenvalue weighted by atomic mass is 10.1.